The molecule has 86 heavy (non-hydrogen) atoms. The molecule has 6 saturated carbocycles. The molecule has 0 aliphatic heterocycles. The number of benzene rings is 2. The molecule has 0 spiro atoms. The number of thiol groups is 1. The minimum Gasteiger partial charge on any atom is -0.449 e. The number of nitrogens with zero attached hydrogens (tertiary/aromatic N) is 4. The largest absolute Gasteiger partial charge is 0.449 e. The molecule has 0 amide bonds. The van der Waals surface area contributed by atoms with Gasteiger partial charge in [0.15, 0.2) is 17.2 Å². The summed E-state index contributed by atoms with van der Waals surface area (Å²) in [6.07, 6.45) is 17.3. The number of carbonyl (C=O) groups excluding carboxylic acids is 5. The first-order valence-corrected chi connectivity index (χ1v) is 32.6. The second-order valence-corrected chi connectivity index (χ2v) is 28.4. The number of halogens is 1. The van der Waals surface area contributed by atoms with Gasteiger partial charge in [-0.2, -0.15) is 10.2 Å². The Morgan fingerprint density at radius 1 is 0.709 bits per heavy atom. The Morgan fingerprint density at radius 3 is 1.65 bits per heavy atom. The van der Waals surface area contributed by atoms with Crippen molar-refractivity contribution in [2.75, 3.05) is 33.4 Å². The molecule has 0 radical (unpaired) electrons. The van der Waals surface area contributed by atoms with Gasteiger partial charge in [-0.15, -0.1) is 12.6 Å². The topological polar surface area (TPSA) is 209 Å². The van der Waals surface area contributed by atoms with E-state index in [2.05, 4.69) is 38.6 Å². The molecule has 0 saturated heterocycles. The number of methoxy groups -OCH3 is 2. The molecule has 2 aromatic heterocycles. The molecular formula is C68H85FN4O11S2. The molecule has 462 valence electrons. The van der Waals surface area contributed by atoms with Gasteiger partial charge in [-0.25, -0.2) is 13.8 Å². The third kappa shape index (κ3) is 10.2. The molecule has 2 aromatic carbocycles. The summed E-state index contributed by atoms with van der Waals surface area (Å²) < 4.78 is 33.5. The Balaban J connectivity index is 0.000000180. The number of thioether (sulfide) groups is 1. The van der Waals surface area contributed by atoms with Gasteiger partial charge in [0.2, 0.25) is 10.2 Å². The Kier molecular flexibility index (Phi) is 17.5. The molecule has 18 heteroatoms. The summed E-state index contributed by atoms with van der Waals surface area (Å²) in [5.41, 5.74) is 5.00. The zero-order valence-electron chi connectivity index (χ0n) is 50.8. The Labute approximate surface area is 514 Å². The van der Waals surface area contributed by atoms with Gasteiger partial charge < -0.3 is 29.5 Å². The van der Waals surface area contributed by atoms with Crippen LogP contribution in [-0.4, -0.2) is 119 Å². The number of fused-ring (bicyclic) bond motifs is 12. The fourth-order valence-electron chi connectivity index (χ4n) is 18.8. The average molecular weight is 1220 g/mol. The smallest absolute Gasteiger partial charge is 0.306 e. The van der Waals surface area contributed by atoms with Crippen LogP contribution in [0, 0.1) is 57.2 Å². The SMILES string of the molecule is CCC(=O)O[C@]1(C(=O)SCF)CC[C@H]2[C@@H]3CCC4=Cc5c(cnn5-c5cccc(C(=O)CCCOC)c5)C[C@]4(C)[C@H]3[C@@H](O)C[C@@]21C.COCCCC(=O)c1cccc(-n2ncc3c2C=C2CC[C@@H]4[C@H]([C@@H](O)C[C@@]5(C)[C@H]4CC[C@]5(O)C(=O)S)[C@@]2(C)C3)c1. The number of hydrogen-bond acceptors (Lipinski definition) is 14. The van der Waals surface area contributed by atoms with E-state index in [-0.39, 0.29) is 64.3 Å². The van der Waals surface area contributed by atoms with Crippen molar-refractivity contribution in [1.82, 2.24) is 19.6 Å². The number of aliphatic hydroxyl groups is 3. The number of rotatable bonds is 17. The summed E-state index contributed by atoms with van der Waals surface area (Å²) in [6.45, 7) is 11.3. The van der Waals surface area contributed by atoms with E-state index in [9.17, 15) is 43.7 Å². The molecule has 2 heterocycles. The van der Waals surface area contributed by atoms with Crippen LogP contribution in [0.4, 0.5) is 4.39 Å². The maximum absolute atomic E-state index is 13.5. The number of ether oxygens (including phenoxy) is 3. The van der Waals surface area contributed by atoms with Crippen LogP contribution in [0.3, 0.4) is 0 Å². The van der Waals surface area contributed by atoms with Gasteiger partial charge in [0.05, 0.1) is 47.4 Å². The number of esters is 1. The lowest BCUT2D eigenvalue weighted by atomic mass is 9.45. The van der Waals surface area contributed by atoms with Crippen LogP contribution in [-0.2, 0) is 41.4 Å². The predicted octanol–water partition coefficient (Wildman–Crippen LogP) is 11.3. The van der Waals surface area contributed by atoms with Gasteiger partial charge in [0.1, 0.15) is 11.6 Å². The molecule has 8 aliphatic rings. The number of Topliss-reactive ketones (excluding diaryl/α,β-unsaturated/α-hetero) is 2. The van der Waals surface area contributed by atoms with Gasteiger partial charge >= 0.3 is 5.97 Å². The van der Waals surface area contributed by atoms with Gasteiger partial charge in [-0.05, 0) is 196 Å². The van der Waals surface area contributed by atoms with Crippen LogP contribution >= 0.6 is 24.4 Å². The van der Waals surface area contributed by atoms with E-state index in [0.717, 1.165) is 78.8 Å². The standard InChI is InChI=1S/C36H45FN2O6S.C32H40N2O5S/c1-5-31(42)45-36(33(43)46-21-37)14-13-27-26-12-11-24-17-28-23(18-34(24,2)32(26)30(41)19-35(27,36)3)20-38-39(28)25-9-6-8-22(16-25)29(40)10-7-15-44-4;1-30-16-20-18-33-34(22-7-4-6-19(14-22)26(35)8-5-13-39-3)25(20)15-21(30)9-10-23-24-11-12-32(38,29(37)40)31(24,2)17-27(36)28(23)30/h6,8-9,16-17,20,26-27,30,32,41H,5,7,10-15,18-19,21H2,1-4H3;4,6-7,14-15,18,23-24,27-28,36,38H,5,8-13,16-17H2,1-3H3,(H,37,40)/t26-,27-,30-,32+,34-,35-,36-;23-,24-,27-,28+,30-,31-,32-/m00/s1. The lowest BCUT2D eigenvalue weighted by Crippen LogP contribution is -2.62. The highest BCUT2D eigenvalue weighted by Crippen LogP contribution is 2.70. The van der Waals surface area contributed by atoms with E-state index in [0.29, 0.717) is 93.9 Å². The lowest BCUT2D eigenvalue weighted by molar-refractivity contribution is -0.196. The van der Waals surface area contributed by atoms with Crippen molar-refractivity contribution in [1.29, 1.82) is 0 Å². The van der Waals surface area contributed by atoms with Crippen molar-refractivity contribution in [3.05, 3.63) is 106 Å². The van der Waals surface area contributed by atoms with E-state index in [1.165, 1.54) is 11.1 Å². The fraction of sp³-hybridized carbons (Fsp3) is 0.603. The Morgan fingerprint density at radius 2 is 1.19 bits per heavy atom. The van der Waals surface area contributed by atoms with E-state index in [4.69, 9.17) is 24.4 Å². The first kappa shape index (κ1) is 62.5. The van der Waals surface area contributed by atoms with E-state index in [1.54, 1.807) is 21.1 Å². The molecule has 12 rings (SSSR count). The number of aromatic nitrogens is 4. The van der Waals surface area contributed by atoms with E-state index < -0.39 is 56.4 Å². The van der Waals surface area contributed by atoms with Crippen LogP contribution in [0.25, 0.3) is 23.5 Å². The molecule has 14 atom stereocenters. The van der Waals surface area contributed by atoms with Crippen LogP contribution < -0.4 is 0 Å². The number of allylic oxidation sites excluding steroid dienone is 2. The molecule has 8 aliphatic carbocycles. The van der Waals surface area contributed by atoms with Crippen LogP contribution in [0.2, 0.25) is 0 Å². The minimum absolute atomic E-state index is 0.0447. The van der Waals surface area contributed by atoms with Gasteiger partial charge in [0.25, 0.3) is 0 Å². The summed E-state index contributed by atoms with van der Waals surface area (Å²) in [4.78, 5) is 64.2. The van der Waals surface area contributed by atoms with Crippen molar-refractivity contribution in [3.63, 3.8) is 0 Å². The van der Waals surface area contributed by atoms with Crippen LogP contribution in [0.5, 0.6) is 0 Å². The maximum atomic E-state index is 13.5. The summed E-state index contributed by atoms with van der Waals surface area (Å²) in [7, 11) is 3.28. The molecule has 6 fully saturated rings. The van der Waals surface area contributed by atoms with Crippen molar-refractivity contribution < 1.29 is 57.9 Å². The molecule has 3 N–H and O–H groups in total. The van der Waals surface area contributed by atoms with Gasteiger partial charge in [-0.3, -0.25) is 24.0 Å². The highest BCUT2D eigenvalue weighted by molar-refractivity contribution is 8.13. The van der Waals surface area contributed by atoms with Crippen molar-refractivity contribution >= 4 is 64.3 Å². The Hall–Kier alpha value is -5.08. The first-order valence-electron chi connectivity index (χ1n) is 31.1. The van der Waals surface area contributed by atoms with Crippen LogP contribution in [0.1, 0.15) is 174 Å². The third-order valence-electron chi connectivity index (χ3n) is 22.9. The number of hydrogen-bond donors (Lipinski definition) is 4. The number of alkyl halides is 1. The molecule has 4 aromatic rings. The number of aliphatic hydroxyl groups excluding tert-OH is 2. The van der Waals surface area contributed by atoms with Crippen molar-refractivity contribution in [2.45, 2.75) is 167 Å². The van der Waals surface area contributed by atoms with Gasteiger partial charge in [-0.1, -0.05) is 70.0 Å². The lowest BCUT2D eigenvalue weighted by Gasteiger charge is -2.60. The summed E-state index contributed by atoms with van der Waals surface area (Å²) >= 11 is 4.65. The predicted molar refractivity (Wildman–Crippen MR) is 330 cm³/mol. The van der Waals surface area contributed by atoms with Crippen LogP contribution in [0.15, 0.2) is 72.1 Å². The van der Waals surface area contributed by atoms with Crippen molar-refractivity contribution in [2.24, 2.45) is 57.2 Å². The second-order valence-electron chi connectivity index (χ2n) is 27.1. The zero-order valence-corrected chi connectivity index (χ0v) is 52.5. The molecule has 0 unspecified atom stereocenters. The van der Waals surface area contributed by atoms with E-state index in [1.807, 2.05) is 84.1 Å². The highest BCUT2D eigenvalue weighted by atomic mass is 32.2. The molecule has 15 nitrogen and oxygen atoms in total. The summed E-state index contributed by atoms with van der Waals surface area (Å²) in [6, 6.07) is 14.4. The van der Waals surface area contributed by atoms with Crippen molar-refractivity contribution in [3.8, 4) is 11.4 Å². The number of ketones is 2. The normalized spacial score (nSPS) is 34.4. The molecular weight excluding hydrogens is 1130 g/mol. The molecule has 0 bridgehead atoms. The maximum Gasteiger partial charge on any atom is 0.306 e. The average Bonchev–Trinajstić information content (AvgIpc) is 1.38. The Bertz CT molecular complexity index is 3380. The van der Waals surface area contributed by atoms with E-state index >= 15 is 0 Å². The highest BCUT2D eigenvalue weighted by Gasteiger charge is 2.71. The quantitative estimate of drug-likeness (QED) is 0.0336. The summed E-state index contributed by atoms with van der Waals surface area (Å²) in [5.74, 6) is 0.298. The van der Waals surface area contributed by atoms with Gasteiger partial charge in [0, 0.05) is 68.7 Å². The second kappa shape index (κ2) is 24.0. The number of carbonyl (C=O) groups is 5. The fourth-order valence-corrected chi connectivity index (χ4v) is 19.8. The monoisotopic (exact) mass is 1220 g/mol. The minimum atomic E-state index is -1.48. The third-order valence-corrected chi connectivity index (χ3v) is 24.0. The summed E-state index contributed by atoms with van der Waals surface area (Å²) in [5, 5.41) is 43.7. The zero-order chi connectivity index (χ0) is 61.3. The first-order chi connectivity index (χ1) is 41.1.